The highest BCUT2D eigenvalue weighted by molar-refractivity contribution is 5.81. The lowest BCUT2D eigenvalue weighted by atomic mass is 10.0. The molecule has 0 bridgehead atoms. The maximum Gasteiger partial charge on any atom is 0.239 e. The fourth-order valence-corrected chi connectivity index (χ4v) is 4.55. The zero-order chi connectivity index (χ0) is 30.2. The molecule has 0 fully saturated rings. The molecule has 2 heterocycles. The van der Waals surface area contributed by atoms with Crippen molar-refractivity contribution in [3.63, 3.8) is 0 Å². The van der Waals surface area contributed by atoms with Crippen LogP contribution in [0.15, 0.2) is 68.2 Å². The first-order valence-corrected chi connectivity index (χ1v) is 13.7. The molecule has 9 nitrogen and oxygen atoms in total. The van der Waals surface area contributed by atoms with Crippen LogP contribution in [0.1, 0.15) is 30.0 Å². The molecule has 0 radical (unpaired) electrons. The van der Waals surface area contributed by atoms with Gasteiger partial charge in [-0.15, -0.1) is 6.58 Å². The van der Waals surface area contributed by atoms with E-state index in [9.17, 15) is 9.18 Å². The topological polar surface area (TPSA) is 130 Å². The summed E-state index contributed by atoms with van der Waals surface area (Å²) in [6, 6.07) is 8.01. The number of hydrogen-bond acceptors (Lipinski definition) is 7. The van der Waals surface area contributed by atoms with Crippen molar-refractivity contribution in [1.82, 2.24) is 25.0 Å². The van der Waals surface area contributed by atoms with Crippen LogP contribution in [0, 0.1) is 11.6 Å². The van der Waals surface area contributed by atoms with Crippen molar-refractivity contribution in [3.05, 3.63) is 96.5 Å². The number of carbonyl (C=O) groups is 1. The highest BCUT2D eigenvalue weighted by Crippen LogP contribution is 2.30. The number of imidazole rings is 1. The summed E-state index contributed by atoms with van der Waals surface area (Å²) >= 11 is 0. The number of hydrogen-bond donors (Lipinski definition) is 5. The van der Waals surface area contributed by atoms with Gasteiger partial charge < -0.3 is 26.8 Å². The molecule has 0 aliphatic carbocycles. The Labute approximate surface area is 243 Å². The van der Waals surface area contributed by atoms with Gasteiger partial charge in [-0.3, -0.25) is 9.20 Å². The molecule has 0 saturated carbocycles. The van der Waals surface area contributed by atoms with Crippen LogP contribution in [-0.2, 0) is 17.6 Å². The molecular formula is C31H35F2N7O2. The number of fused-ring (bicyclic) bond motifs is 1. The van der Waals surface area contributed by atoms with Crippen LogP contribution in [0.5, 0.6) is 0 Å². The summed E-state index contributed by atoms with van der Waals surface area (Å²) in [5.74, 6) is -1.75. The van der Waals surface area contributed by atoms with E-state index in [4.69, 9.17) is 10.8 Å². The number of rotatable bonds is 14. The van der Waals surface area contributed by atoms with Gasteiger partial charge in [-0.05, 0) is 48.6 Å². The molecule has 11 heteroatoms. The maximum absolute atomic E-state index is 15.1. The minimum Gasteiger partial charge on any atom is -0.394 e. The molecule has 6 N–H and O–H groups in total. The maximum atomic E-state index is 15.1. The minimum absolute atomic E-state index is 0.110. The lowest BCUT2D eigenvalue weighted by molar-refractivity contribution is -0.123. The Kier molecular flexibility index (Phi) is 10.00. The quantitative estimate of drug-likeness (QED) is 0.113. The number of halogens is 2. The highest BCUT2D eigenvalue weighted by atomic mass is 19.2. The summed E-state index contributed by atoms with van der Waals surface area (Å²) in [4.78, 5) is 20.6. The first-order chi connectivity index (χ1) is 20.3. The second-order valence-electron chi connectivity index (χ2n) is 9.68. The molecule has 1 amide bonds. The predicted molar refractivity (Wildman–Crippen MR) is 161 cm³/mol. The first-order valence-electron chi connectivity index (χ1n) is 13.7. The Morgan fingerprint density at radius 1 is 1.14 bits per heavy atom. The average molecular weight is 576 g/mol. The van der Waals surface area contributed by atoms with Gasteiger partial charge >= 0.3 is 0 Å². The van der Waals surface area contributed by atoms with Crippen LogP contribution in [0.4, 0.5) is 20.3 Å². The van der Waals surface area contributed by atoms with Gasteiger partial charge in [-0.2, -0.15) is 0 Å². The summed E-state index contributed by atoms with van der Waals surface area (Å²) in [7, 11) is 0. The number of aliphatic hydroxyl groups is 1. The first kappa shape index (κ1) is 30.4. The Hall–Kier alpha value is -4.61. The molecule has 2 aromatic carbocycles. The van der Waals surface area contributed by atoms with Crippen LogP contribution in [0.3, 0.4) is 0 Å². The van der Waals surface area contributed by atoms with Crippen molar-refractivity contribution in [2.24, 2.45) is 5.73 Å². The van der Waals surface area contributed by atoms with Gasteiger partial charge in [0, 0.05) is 48.0 Å². The van der Waals surface area contributed by atoms with E-state index in [1.54, 1.807) is 35.0 Å². The monoisotopic (exact) mass is 575 g/mol. The van der Waals surface area contributed by atoms with E-state index in [0.717, 1.165) is 23.2 Å². The zero-order valence-electron chi connectivity index (χ0n) is 23.5. The number of aromatic nitrogens is 3. The minimum atomic E-state index is -0.947. The van der Waals surface area contributed by atoms with Gasteiger partial charge in [0.25, 0.3) is 0 Å². The van der Waals surface area contributed by atoms with Crippen LogP contribution in [0.25, 0.3) is 22.6 Å². The molecule has 2 aromatic heterocycles. The van der Waals surface area contributed by atoms with E-state index in [0.29, 0.717) is 54.4 Å². The normalized spacial score (nSPS) is 11.7. The molecule has 0 aliphatic rings. The third kappa shape index (κ3) is 6.64. The fraction of sp³-hybridized carbons (Fsp3) is 0.258. The fourth-order valence-electron chi connectivity index (χ4n) is 4.55. The third-order valence-electron chi connectivity index (χ3n) is 6.85. The largest absolute Gasteiger partial charge is 0.394 e. The van der Waals surface area contributed by atoms with Crippen LogP contribution >= 0.6 is 0 Å². The number of nitrogens with one attached hydrogen (secondary N) is 3. The summed E-state index contributed by atoms with van der Waals surface area (Å²) in [6.45, 7) is 10.1. The number of aliphatic hydroxyl groups excluding tert-OH is 1. The molecule has 4 rings (SSSR count). The Morgan fingerprint density at radius 2 is 1.93 bits per heavy atom. The van der Waals surface area contributed by atoms with E-state index < -0.39 is 30.2 Å². The molecule has 0 spiro atoms. The van der Waals surface area contributed by atoms with E-state index >= 15 is 4.39 Å². The Balaban J connectivity index is 1.50. The average Bonchev–Trinajstić information content (AvgIpc) is 3.44. The Bertz CT molecular complexity index is 1600. The number of carbonyl (C=O) groups excluding carboxylic acids is 1. The van der Waals surface area contributed by atoms with Crippen molar-refractivity contribution in [2.45, 2.75) is 32.2 Å². The molecule has 0 saturated heterocycles. The number of anilines is 2. The van der Waals surface area contributed by atoms with Gasteiger partial charge in [0.15, 0.2) is 23.1 Å². The summed E-state index contributed by atoms with van der Waals surface area (Å²) < 4.78 is 31.5. The van der Waals surface area contributed by atoms with Gasteiger partial charge in [0.05, 0.1) is 18.5 Å². The number of aryl methyl sites for hydroxylation is 2. The number of allylic oxidation sites excluding steroid dienone is 1. The van der Waals surface area contributed by atoms with Crippen molar-refractivity contribution >= 4 is 28.8 Å². The molecule has 220 valence electrons. The summed E-state index contributed by atoms with van der Waals surface area (Å²) in [5.41, 5.74) is 10.2. The predicted octanol–water partition coefficient (Wildman–Crippen LogP) is 4.10. The van der Waals surface area contributed by atoms with Gasteiger partial charge in [0.2, 0.25) is 5.91 Å². The smallest absolute Gasteiger partial charge is 0.239 e. The SMILES string of the molecule is C=CCCc1ccc(-c2cnc3c(Nc4ccc(C(=C)NCCNC(=O)C(N)CO)c(CC)c4)nccn23)c(F)c1F. The number of benzene rings is 2. The van der Waals surface area contributed by atoms with Crippen molar-refractivity contribution in [1.29, 1.82) is 0 Å². The summed E-state index contributed by atoms with van der Waals surface area (Å²) in [5, 5.41) is 18.1. The second-order valence-corrected chi connectivity index (χ2v) is 9.68. The second kappa shape index (κ2) is 13.8. The molecule has 1 atom stereocenters. The van der Waals surface area contributed by atoms with Crippen molar-refractivity contribution in [3.8, 4) is 11.3 Å². The third-order valence-corrected chi connectivity index (χ3v) is 6.85. The van der Waals surface area contributed by atoms with Gasteiger partial charge in [-0.25, -0.2) is 18.7 Å². The van der Waals surface area contributed by atoms with Gasteiger partial charge in [0.1, 0.15) is 6.04 Å². The Morgan fingerprint density at radius 3 is 2.67 bits per heavy atom. The van der Waals surface area contributed by atoms with E-state index in [2.05, 4.69) is 39.1 Å². The van der Waals surface area contributed by atoms with Crippen LogP contribution in [0.2, 0.25) is 0 Å². The zero-order valence-corrected chi connectivity index (χ0v) is 23.5. The summed E-state index contributed by atoms with van der Waals surface area (Å²) in [6.07, 6.45) is 8.05. The standard InChI is InChI=1S/C31H35F2N7O2/c1-4-6-7-21-8-10-24(28(33)27(21)32)26-17-38-30-29(36-14-15-40(26)30)39-22-9-11-23(20(5-2)16-22)19(3)35-12-13-37-31(42)25(34)18-41/h4,8-11,14-17,25,35,41H,1,3,5-7,12-13,18,34H2,2H3,(H,36,39)(H,37,42). The molecule has 0 aliphatic heterocycles. The molecule has 4 aromatic rings. The van der Waals surface area contributed by atoms with E-state index in [-0.39, 0.29) is 5.56 Å². The van der Waals surface area contributed by atoms with E-state index in [1.165, 1.54) is 6.20 Å². The van der Waals surface area contributed by atoms with Crippen LogP contribution < -0.4 is 21.7 Å². The molecular weight excluding hydrogens is 540 g/mol. The van der Waals surface area contributed by atoms with E-state index in [1.807, 2.05) is 25.1 Å². The lowest BCUT2D eigenvalue weighted by Crippen LogP contribution is -2.44. The van der Waals surface area contributed by atoms with Crippen LogP contribution in [-0.4, -0.2) is 51.1 Å². The van der Waals surface area contributed by atoms with Crippen molar-refractivity contribution < 1.29 is 18.7 Å². The number of nitrogens with two attached hydrogens (primary N) is 1. The molecule has 42 heavy (non-hydrogen) atoms. The number of nitrogens with zero attached hydrogens (tertiary/aromatic N) is 3. The van der Waals surface area contributed by atoms with Gasteiger partial charge in [-0.1, -0.05) is 31.7 Å². The molecule has 1 unspecified atom stereocenters. The van der Waals surface area contributed by atoms with Crippen molar-refractivity contribution in [2.75, 3.05) is 25.0 Å². The number of amides is 1. The lowest BCUT2D eigenvalue weighted by Gasteiger charge is -2.16. The highest BCUT2D eigenvalue weighted by Gasteiger charge is 2.19.